The van der Waals surface area contributed by atoms with Crippen molar-refractivity contribution in [3.8, 4) is 0 Å². The third-order valence-electron chi connectivity index (χ3n) is 4.07. The quantitative estimate of drug-likeness (QED) is 0.897. The van der Waals surface area contributed by atoms with E-state index in [-0.39, 0.29) is 11.9 Å². The van der Waals surface area contributed by atoms with Gasteiger partial charge in [-0.3, -0.25) is 9.69 Å². The van der Waals surface area contributed by atoms with Crippen molar-refractivity contribution < 1.29 is 4.79 Å². The largest absolute Gasteiger partial charge is 0.350 e. The summed E-state index contributed by atoms with van der Waals surface area (Å²) in [5, 5.41) is 7.98. The van der Waals surface area contributed by atoms with E-state index in [4.69, 9.17) is 11.6 Å². The van der Waals surface area contributed by atoms with Crippen LogP contribution >= 0.6 is 22.9 Å². The zero-order valence-electron chi connectivity index (χ0n) is 12.3. The molecule has 1 aliphatic rings. The zero-order chi connectivity index (χ0) is 15.4. The van der Waals surface area contributed by atoms with Crippen LogP contribution in [0, 0.1) is 0 Å². The Bertz CT molecular complexity index is 606. The Hall–Kier alpha value is -1.36. The van der Waals surface area contributed by atoms with Gasteiger partial charge in [-0.15, -0.1) is 0 Å². The number of nitrogens with zero attached hydrogens (tertiary/aromatic N) is 1. The average molecular weight is 335 g/mol. The number of hydrogen-bond donors (Lipinski definition) is 1. The molecule has 1 amide bonds. The van der Waals surface area contributed by atoms with Gasteiger partial charge in [-0.05, 0) is 72.6 Å². The zero-order valence-corrected chi connectivity index (χ0v) is 13.9. The lowest BCUT2D eigenvalue weighted by Crippen LogP contribution is -2.36. The number of carbonyl (C=O) groups excluding carboxylic acids is 1. The van der Waals surface area contributed by atoms with Gasteiger partial charge < -0.3 is 5.32 Å². The maximum Gasteiger partial charge on any atom is 0.251 e. The molecule has 1 atom stereocenters. The highest BCUT2D eigenvalue weighted by atomic mass is 35.5. The first-order valence-corrected chi connectivity index (χ1v) is 8.86. The van der Waals surface area contributed by atoms with Crippen molar-refractivity contribution >= 4 is 28.8 Å². The maximum atomic E-state index is 12.3. The van der Waals surface area contributed by atoms with Gasteiger partial charge in [-0.25, -0.2) is 0 Å². The fourth-order valence-corrected chi connectivity index (χ4v) is 3.70. The van der Waals surface area contributed by atoms with Gasteiger partial charge in [-0.1, -0.05) is 11.6 Å². The molecule has 22 heavy (non-hydrogen) atoms. The van der Waals surface area contributed by atoms with E-state index in [0.717, 1.165) is 13.1 Å². The summed E-state index contributed by atoms with van der Waals surface area (Å²) >= 11 is 7.57. The summed E-state index contributed by atoms with van der Waals surface area (Å²) in [6.07, 6.45) is 2.48. The molecule has 5 heteroatoms. The van der Waals surface area contributed by atoms with E-state index < -0.39 is 0 Å². The number of benzene rings is 1. The molecule has 1 aliphatic heterocycles. The highest BCUT2D eigenvalue weighted by Crippen LogP contribution is 2.26. The molecule has 0 spiro atoms. The summed E-state index contributed by atoms with van der Waals surface area (Å²) in [5.41, 5.74) is 1.94. The van der Waals surface area contributed by atoms with Crippen LogP contribution in [0.25, 0.3) is 0 Å². The Morgan fingerprint density at radius 3 is 2.59 bits per heavy atom. The molecular weight excluding hydrogens is 316 g/mol. The van der Waals surface area contributed by atoms with Gasteiger partial charge in [0.25, 0.3) is 5.91 Å². The molecule has 2 heterocycles. The second kappa shape index (κ2) is 7.27. The lowest BCUT2D eigenvalue weighted by molar-refractivity contribution is 0.0938. The Morgan fingerprint density at radius 2 is 1.95 bits per heavy atom. The van der Waals surface area contributed by atoms with E-state index in [1.54, 1.807) is 35.6 Å². The highest BCUT2D eigenvalue weighted by Gasteiger charge is 2.24. The van der Waals surface area contributed by atoms with Crippen molar-refractivity contribution in [2.45, 2.75) is 18.9 Å². The van der Waals surface area contributed by atoms with E-state index in [1.165, 1.54) is 18.4 Å². The Labute approximate surface area is 139 Å². The molecule has 0 radical (unpaired) electrons. The number of nitrogens with one attached hydrogen (secondary N) is 1. The molecule has 2 aromatic rings. The van der Waals surface area contributed by atoms with Crippen molar-refractivity contribution in [3.05, 3.63) is 57.2 Å². The minimum absolute atomic E-state index is 0.0453. The Morgan fingerprint density at radius 1 is 1.23 bits per heavy atom. The molecule has 0 saturated carbocycles. The third kappa shape index (κ3) is 3.69. The van der Waals surface area contributed by atoms with Crippen molar-refractivity contribution in [1.82, 2.24) is 10.2 Å². The highest BCUT2D eigenvalue weighted by molar-refractivity contribution is 7.07. The number of rotatable bonds is 5. The summed E-state index contributed by atoms with van der Waals surface area (Å²) in [7, 11) is 0. The first kappa shape index (κ1) is 15.5. The number of carbonyl (C=O) groups is 1. The summed E-state index contributed by atoms with van der Waals surface area (Å²) in [6, 6.07) is 9.42. The van der Waals surface area contributed by atoms with E-state index in [0.29, 0.717) is 17.1 Å². The number of hydrogen-bond acceptors (Lipinski definition) is 3. The van der Waals surface area contributed by atoms with Gasteiger partial charge in [0.1, 0.15) is 0 Å². The Kier molecular flexibility index (Phi) is 5.13. The molecular formula is C17H19ClN2OS. The molecule has 3 nitrogen and oxygen atoms in total. The number of halogens is 1. The molecule has 1 aromatic heterocycles. The topological polar surface area (TPSA) is 32.3 Å². The Balaban J connectivity index is 1.66. The van der Waals surface area contributed by atoms with Crippen LogP contribution in [0.15, 0.2) is 41.1 Å². The van der Waals surface area contributed by atoms with Gasteiger partial charge in [0, 0.05) is 17.1 Å². The fraction of sp³-hybridized carbons (Fsp3) is 0.353. The fourth-order valence-electron chi connectivity index (χ4n) is 2.87. The monoisotopic (exact) mass is 334 g/mol. The molecule has 1 fully saturated rings. The summed E-state index contributed by atoms with van der Waals surface area (Å²) in [5.74, 6) is -0.0453. The molecule has 1 N–H and O–H groups in total. The predicted octanol–water partition coefficient (Wildman–Crippen LogP) is 3.97. The van der Waals surface area contributed by atoms with Crippen molar-refractivity contribution in [2.24, 2.45) is 0 Å². The van der Waals surface area contributed by atoms with Crippen molar-refractivity contribution in [1.29, 1.82) is 0 Å². The van der Waals surface area contributed by atoms with Crippen LogP contribution in [-0.4, -0.2) is 30.4 Å². The van der Waals surface area contributed by atoms with E-state index >= 15 is 0 Å². The van der Waals surface area contributed by atoms with Crippen LogP contribution in [0.3, 0.4) is 0 Å². The van der Waals surface area contributed by atoms with Crippen LogP contribution in [0.4, 0.5) is 0 Å². The van der Waals surface area contributed by atoms with Gasteiger partial charge in [0.05, 0.1) is 6.04 Å². The average Bonchev–Trinajstić information content (AvgIpc) is 3.22. The van der Waals surface area contributed by atoms with Gasteiger partial charge in [0.2, 0.25) is 0 Å². The normalized spacial score (nSPS) is 16.6. The lowest BCUT2D eigenvalue weighted by atomic mass is 10.1. The first-order chi connectivity index (χ1) is 10.7. The number of amides is 1. The van der Waals surface area contributed by atoms with Gasteiger partial charge in [-0.2, -0.15) is 11.3 Å². The second-order valence-corrected chi connectivity index (χ2v) is 6.75. The number of thiophene rings is 1. The maximum absolute atomic E-state index is 12.3. The number of likely N-dealkylation sites (tertiary alicyclic amines) is 1. The molecule has 0 aliphatic carbocycles. The van der Waals surface area contributed by atoms with Crippen LogP contribution in [0.5, 0.6) is 0 Å². The van der Waals surface area contributed by atoms with Crippen LogP contribution in [0.1, 0.15) is 34.8 Å². The SMILES string of the molecule is O=C(NC[C@H](c1ccsc1)N1CCCC1)c1ccc(Cl)cc1. The van der Waals surface area contributed by atoms with Crippen LogP contribution in [0.2, 0.25) is 5.02 Å². The van der Waals surface area contributed by atoms with Crippen molar-refractivity contribution in [2.75, 3.05) is 19.6 Å². The van der Waals surface area contributed by atoms with E-state index in [1.807, 2.05) is 0 Å². The molecule has 0 unspecified atom stereocenters. The third-order valence-corrected chi connectivity index (χ3v) is 5.03. The second-order valence-electron chi connectivity index (χ2n) is 5.53. The van der Waals surface area contributed by atoms with Crippen LogP contribution in [-0.2, 0) is 0 Å². The van der Waals surface area contributed by atoms with Gasteiger partial charge >= 0.3 is 0 Å². The molecule has 1 aromatic carbocycles. The standard InChI is InChI=1S/C17H19ClN2OS/c18-15-5-3-13(4-6-15)17(21)19-11-16(14-7-10-22-12-14)20-8-1-2-9-20/h3-7,10,12,16H,1-2,8-9,11H2,(H,19,21)/t16-/m1/s1. The van der Waals surface area contributed by atoms with Crippen LogP contribution < -0.4 is 5.32 Å². The minimum atomic E-state index is -0.0453. The minimum Gasteiger partial charge on any atom is -0.350 e. The summed E-state index contributed by atoms with van der Waals surface area (Å²) in [4.78, 5) is 14.7. The molecule has 3 rings (SSSR count). The molecule has 0 bridgehead atoms. The van der Waals surface area contributed by atoms with Crippen molar-refractivity contribution in [3.63, 3.8) is 0 Å². The summed E-state index contributed by atoms with van der Waals surface area (Å²) in [6.45, 7) is 2.85. The lowest BCUT2D eigenvalue weighted by Gasteiger charge is -2.27. The molecule has 116 valence electrons. The van der Waals surface area contributed by atoms with Gasteiger partial charge in [0.15, 0.2) is 0 Å². The predicted molar refractivity (Wildman–Crippen MR) is 91.7 cm³/mol. The smallest absolute Gasteiger partial charge is 0.251 e. The van der Waals surface area contributed by atoms with E-state index in [2.05, 4.69) is 27.0 Å². The molecule has 1 saturated heterocycles. The first-order valence-electron chi connectivity index (χ1n) is 7.54. The van der Waals surface area contributed by atoms with E-state index in [9.17, 15) is 4.79 Å². The summed E-state index contributed by atoms with van der Waals surface area (Å²) < 4.78 is 0.